The van der Waals surface area contributed by atoms with Crippen molar-refractivity contribution in [1.29, 1.82) is 0 Å². The Balaban J connectivity index is 1.83. The molecule has 0 spiro atoms. The maximum absolute atomic E-state index is 11.9. The highest BCUT2D eigenvalue weighted by Crippen LogP contribution is 2.16. The van der Waals surface area contributed by atoms with Crippen LogP contribution < -0.4 is 4.74 Å². The van der Waals surface area contributed by atoms with Crippen LogP contribution in [-0.2, 0) is 13.2 Å². The van der Waals surface area contributed by atoms with E-state index in [0.29, 0.717) is 18.1 Å². The minimum Gasteiger partial charge on any atom is -0.487 e. The van der Waals surface area contributed by atoms with E-state index in [1.807, 2.05) is 36.9 Å². The van der Waals surface area contributed by atoms with E-state index in [1.165, 1.54) is 6.42 Å². The molecule has 0 saturated heterocycles. The first kappa shape index (κ1) is 18.2. The maximum Gasteiger partial charge on any atom is 0.165 e. The Kier molecular flexibility index (Phi) is 6.53. The molecule has 1 aromatic carbocycles. The summed E-state index contributed by atoms with van der Waals surface area (Å²) in [7, 11) is 0. The monoisotopic (exact) mass is 329 g/mol. The molecule has 1 aromatic heterocycles. The van der Waals surface area contributed by atoms with Gasteiger partial charge in [0, 0.05) is 18.0 Å². The number of carbonyl (C=O) groups excluding carboxylic acids is 1. The van der Waals surface area contributed by atoms with Gasteiger partial charge in [0.15, 0.2) is 5.78 Å². The lowest BCUT2D eigenvalue weighted by Crippen LogP contribution is -2.07. The zero-order valence-corrected chi connectivity index (χ0v) is 15.0. The quantitative estimate of drug-likeness (QED) is 0.649. The van der Waals surface area contributed by atoms with Gasteiger partial charge in [0.2, 0.25) is 0 Å². The van der Waals surface area contributed by atoms with E-state index in [4.69, 9.17) is 4.74 Å². The van der Waals surface area contributed by atoms with Gasteiger partial charge in [-0.25, -0.2) is 0 Å². The number of Topliss-reactive ketones (excluding diaryl/α,β-unsaturated/α-hetero) is 1. The minimum atomic E-state index is 0.00232. The topological polar surface area (TPSA) is 57.0 Å². The molecule has 0 atom stereocenters. The second kappa shape index (κ2) is 8.62. The molecule has 5 nitrogen and oxygen atoms in total. The van der Waals surface area contributed by atoms with E-state index in [0.717, 1.165) is 24.4 Å². The van der Waals surface area contributed by atoms with Crippen LogP contribution in [0.2, 0.25) is 0 Å². The molecule has 130 valence electrons. The number of hydrogen-bond acceptors (Lipinski definition) is 4. The van der Waals surface area contributed by atoms with Crippen molar-refractivity contribution in [3.63, 3.8) is 0 Å². The zero-order chi connectivity index (χ0) is 17.5. The molecule has 0 unspecified atom stereocenters. The molecule has 0 bridgehead atoms. The fourth-order valence-electron chi connectivity index (χ4n) is 2.38. The van der Waals surface area contributed by atoms with Gasteiger partial charge in [-0.05, 0) is 43.0 Å². The third-order valence-electron chi connectivity index (χ3n) is 3.80. The maximum atomic E-state index is 11.9. The summed E-state index contributed by atoms with van der Waals surface area (Å²) < 4.78 is 7.58. The first-order valence-corrected chi connectivity index (χ1v) is 8.61. The van der Waals surface area contributed by atoms with Crippen LogP contribution in [-0.4, -0.2) is 20.8 Å². The molecule has 1 heterocycles. The van der Waals surface area contributed by atoms with E-state index in [-0.39, 0.29) is 11.7 Å². The fraction of sp³-hybridized carbons (Fsp3) is 0.526. The number of rotatable bonds is 9. The van der Waals surface area contributed by atoms with Gasteiger partial charge in [-0.2, -0.15) is 0 Å². The van der Waals surface area contributed by atoms with Crippen LogP contribution in [0.1, 0.15) is 56.6 Å². The second-order valence-electron chi connectivity index (χ2n) is 6.84. The van der Waals surface area contributed by atoms with E-state index < -0.39 is 0 Å². The molecule has 2 aromatic rings. The van der Waals surface area contributed by atoms with Crippen LogP contribution in [0.4, 0.5) is 0 Å². The number of aryl methyl sites for hydroxylation is 1. The zero-order valence-electron chi connectivity index (χ0n) is 15.0. The van der Waals surface area contributed by atoms with Gasteiger partial charge < -0.3 is 4.74 Å². The summed E-state index contributed by atoms with van der Waals surface area (Å²) in [5.41, 5.74) is 1.52. The van der Waals surface area contributed by atoms with Gasteiger partial charge in [0.1, 0.15) is 18.1 Å². The Morgan fingerprint density at radius 3 is 2.50 bits per heavy atom. The molecule has 24 heavy (non-hydrogen) atoms. The van der Waals surface area contributed by atoms with Crippen LogP contribution in [0, 0.1) is 11.8 Å². The predicted octanol–water partition coefficient (Wildman–Crippen LogP) is 4.13. The Bertz CT molecular complexity index is 645. The van der Waals surface area contributed by atoms with Crippen LogP contribution >= 0.6 is 0 Å². The standard InChI is InChI=1S/C19H27N3O2/c1-14(2)6-5-11-22-12-17(20-21-22)13-24-18-9-7-16(8-10-18)19(23)15(3)4/h7-10,12,14-15H,5-6,11,13H2,1-4H3. The highest BCUT2D eigenvalue weighted by Gasteiger charge is 2.10. The Morgan fingerprint density at radius 2 is 1.88 bits per heavy atom. The van der Waals surface area contributed by atoms with Gasteiger partial charge >= 0.3 is 0 Å². The van der Waals surface area contributed by atoms with Crippen molar-refractivity contribution < 1.29 is 9.53 Å². The van der Waals surface area contributed by atoms with Crippen molar-refractivity contribution in [3.8, 4) is 5.75 Å². The number of ether oxygens (including phenoxy) is 1. The lowest BCUT2D eigenvalue weighted by atomic mass is 10.0. The summed E-state index contributed by atoms with van der Waals surface area (Å²) >= 11 is 0. The Labute approximate surface area is 144 Å². The average Bonchev–Trinajstić information content (AvgIpc) is 3.00. The second-order valence-corrected chi connectivity index (χ2v) is 6.84. The Hall–Kier alpha value is -2.17. The summed E-state index contributed by atoms with van der Waals surface area (Å²) in [6.45, 7) is 9.51. The number of benzene rings is 1. The normalized spacial score (nSPS) is 11.2. The Morgan fingerprint density at radius 1 is 1.17 bits per heavy atom. The molecule has 0 radical (unpaired) electrons. The average molecular weight is 329 g/mol. The summed E-state index contributed by atoms with van der Waals surface area (Å²) in [6, 6.07) is 7.26. The lowest BCUT2D eigenvalue weighted by Gasteiger charge is -2.07. The molecule has 5 heteroatoms. The number of carbonyl (C=O) groups is 1. The van der Waals surface area contributed by atoms with Crippen molar-refractivity contribution in [2.75, 3.05) is 0 Å². The number of ketones is 1. The van der Waals surface area contributed by atoms with Gasteiger partial charge in [0.05, 0.1) is 6.20 Å². The van der Waals surface area contributed by atoms with Crippen molar-refractivity contribution in [2.24, 2.45) is 11.8 Å². The molecular formula is C19H27N3O2. The SMILES string of the molecule is CC(C)CCCn1cc(COc2ccc(C(=O)C(C)C)cc2)nn1. The van der Waals surface area contributed by atoms with Crippen LogP contribution in [0.5, 0.6) is 5.75 Å². The number of nitrogens with zero attached hydrogens (tertiary/aromatic N) is 3. The highest BCUT2D eigenvalue weighted by atomic mass is 16.5. The first-order chi connectivity index (χ1) is 11.5. The molecule has 0 aliphatic heterocycles. The molecule has 2 rings (SSSR count). The van der Waals surface area contributed by atoms with Crippen LogP contribution in [0.3, 0.4) is 0 Å². The highest BCUT2D eigenvalue weighted by molar-refractivity contribution is 5.97. The number of hydrogen-bond donors (Lipinski definition) is 0. The van der Waals surface area contributed by atoms with Gasteiger partial charge in [0.25, 0.3) is 0 Å². The molecule has 0 saturated carbocycles. The molecule has 0 aliphatic carbocycles. The van der Waals surface area contributed by atoms with Gasteiger partial charge in [-0.1, -0.05) is 32.9 Å². The fourth-order valence-corrected chi connectivity index (χ4v) is 2.38. The molecule has 0 amide bonds. The van der Waals surface area contributed by atoms with Crippen molar-refractivity contribution in [1.82, 2.24) is 15.0 Å². The van der Waals surface area contributed by atoms with E-state index >= 15 is 0 Å². The molecule has 0 fully saturated rings. The van der Waals surface area contributed by atoms with Crippen LogP contribution in [0.15, 0.2) is 30.5 Å². The molecule has 0 N–H and O–H groups in total. The largest absolute Gasteiger partial charge is 0.487 e. The van der Waals surface area contributed by atoms with E-state index in [9.17, 15) is 4.79 Å². The molecule has 0 aliphatic rings. The summed E-state index contributed by atoms with van der Waals surface area (Å²) in [6.07, 6.45) is 4.22. The van der Waals surface area contributed by atoms with Crippen molar-refractivity contribution in [3.05, 3.63) is 41.7 Å². The smallest absolute Gasteiger partial charge is 0.165 e. The van der Waals surface area contributed by atoms with Gasteiger partial charge in [-0.15, -0.1) is 5.10 Å². The van der Waals surface area contributed by atoms with Crippen LogP contribution in [0.25, 0.3) is 0 Å². The van der Waals surface area contributed by atoms with Gasteiger partial charge in [-0.3, -0.25) is 9.48 Å². The minimum absolute atomic E-state index is 0.00232. The number of aromatic nitrogens is 3. The van der Waals surface area contributed by atoms with E-state index in [2.05, 4.69) is 24.2 Å². The first-order valence-electron chi connectivity index (χ1n) is 8.61. The molecular weight excluding hydrogens is 302 g/mol. The summed E-state index contributed by atoms with van der Waals surface area (Å²) in [4.78, 5) is 11.9. The van der Waals surface area contributed by atoms with E-state index in [1.54, 1.807) is 12.1 Å². The van der Waals surface area contributed by atoms with Crippen molar-refractivity contribution >= 4 is 5.78 Å². The lowest BCUT2D eigenvalue weighted by molar-refractivity contribution is 0.0939. The third-order valence-corrected chi connectivity index (χ3v) is 3.80. The summed E-state index contributed by atoms with van der Waals surface area (Å²) in [5.74, 6) is 1.58. The predicted molar refractivity (Wildman–Crippen MR) is 94.0 cm³/mol. The third kappa shape index (κ3) is 5.48. The summed E-state index contributed by atoms with van der Waals surface area (Å²) in [5, 5.41) is 8.26. The van der Waals surface area contributed by atoms with Crippen molar-refractivity contribution in [2.45, 2.75) is 53.7 Å².